The Morgan fingerprint density at radius 3 is 2.38 bits per heavy atom. The number of hydrogen-bond donors (Lipinski definition) is 1. The smallest absolute Gasteiger partial charge is 0.232 e. The summed E-state index contributed by atoms with van der Waals surface area (Å²) >= 11 is 0. The summed E-state index contributed by atoms with van der Waals surface area (Å²) in [5, 5.41) is 2.79. The van der Waals surface area contributed by atoms with Crippen LogP contribution in [0.25, 0.3) is 0 Å². The Morgan fingerprint density at radius 1 is 1.08 bits per heavy atom. The first kappa shape index (κ1) is 18.4. The number of carbonyl (C=O) groups excluding carboxylic acids is 2. The molecule has 1 N–H and O–H groups in total. The number of amides is 2. The first-order valence-electron chi connectivity index (χ1n) is 8.50. The van der Waals surface area contributed by atoms with Crippen LogP contribution < -0.4 is 5.32 Å². The lowest BCUT2D eigenvalue weighted by Crippen LogP contribution is -2.49. The molecule has 1 aromatic carbocycles. The molecule has 6 heteroatoms. The minimum atomic E-state index is -0.187. The summed E-state index contributed by atoms with van der Waals surface area (Å²) in [7, 11) is 3.90. The van der Waals surface area contributed by atoms with Gasteiger partial charge in [-0.25, -0.2) is 0 Å². The van der Waals surface area contributed by atoms with Crippen LogP contribution in [0.5, 0.6) is 0 Å². The molecule has 0 atom stereocenters. The van der Waals surface area contributed by atoms with E-state index >= 15 is 0 Å². The van der Waals surface area contributed by atoms with Gasteiger partial charge in [0, 0.05) is 45.8 Å². The van der Waals surface area contributed by atoms with E-state index in [-0.39, 0.29) is 18.2 Å². The van der Waals surface area contributed by atoms with Crippen LogP contribution in [-0.2, 0) is 16.1 Å². The minimum Gasteiger partial charge on any atom is -0.354 e. The Kier molecular flexibility index (Phi) is 7.21. The molecule has 1 heterocycles. The molecule has 0 aliphatic carbocycles. The second-order valence-corrected chi connectivity index (χ2v) is 6.47. The highest BCUT2D eigenvalue weighted by atomic mass is 16.2. The second kappa shape index (κ2) is 9.39. The zero-order valence-electron chi connectivity index (χ0n) is 14.7. The van der Waals surface area contributed by atoms with E-state index in [4.69, 9.17) is 0 Å². The van der Waals surface area contributed by atoms with E-state index < -0.39 is 0 Å². The van der Waals surface area contributed by atoms with E-state index in [1.165, 1.54) is 5.56 Å². The molecule has 1 fully saturated rings. The molecule has 1 aliphatic rings. The molecular formula is C18H28N4O2. The molecule has 0 unspecified atom stereocenters. The predicted octanol–water partition coefficient (Wildman–Crippen LogP) is 0.399. The van der Waals surface area contributed by atoms with Gasteiger partial charge in [0.15, 0.2) is 0 Å². The SMILES string of the molecule is CN(C)CCNC(=O)CC(=O)N1CCN(Cc2ccccc2)CC1. The summed E-state index contributed by atoms with van der Waals surface area (Å²) < 4.78 is 0. The van der Waals surface area contributed by atoms with Crippen molar-refractivity contribution in [3.8, 4) is 0 Å². The highest BCUT2D eigenvalue weighted by molar-refractivity contribution is 5.96. The number of carbonyl (C=O) groups is 2. The van der Waals surface area contributed by atoms with Gasteiger partial charge in [-0.2, -0.15) is 0 Å². The number of rotatable bonds is 7. The lowest BCUT2D eigenvalue weighted by molar-refractivity contribution is -0.137. The molecule has 0 aromatic heterocycles. The summed E-state index contributed by atoms with van der Waals surface area (Å²) in [5.41, 5.74) is 1.29. The van der Waals surface area contributed by atoms with Gasteiger partial charge in [0.05, 0.1) is 0 Å². The predicted molar refractivity (Wildman–Crippen MR) is 94.5 cm³/mol. The van der Waals surface area contributed by atoms with Crippen LogP contribution in [0.3, 0.4) is 0 Å². The van der Waals surface area contributed by atoms with Gasteiger partial charge in [0.1, 0.15) is 6.42 Å². The normalized spacial score (nSPS) is 15.5. The molecule has 0 spiro atoms. The fraction of sp³-hybridized carbons (Fsp3) is 0.556. The lowest BCUT2D eigenvalue weighted by atomic mass is 10.2. The number of nitrogens with zero attached hydrogens (tertiary/aromatic N) is 3. The quantitative estimate of drug-likeness (QED) is 0.735. The monoisotopic (exact) mass is 332 g/mol. The van der Waals surface area contributed by atoms with Gasteiger partial charge >= 0.3 is 0 Å². The molecule has 24 heavy (non-hydrogen) atoms. The van der Waals surface area contributed by atoms with Crippen LogP contribution in [-0.4, -0.2) is 79.9 Å². The van der Waals surface area contributed by atoms with Gasteiger partial charge in [0.25, 0.3) is 0 Å². The third-order valence-electron chi connectivity index (χ3n) is 4.17. The maximum atomic E-state index is 12.2. The summed E-state index contributed by atoms with van der Waals surface area (Å²) in [6.07, 6.45) is -0.0495. The van der Waals surface area contributed by atoms with Crippen LogP contribution in [0, 0.1) is 0 Å². The summed E-state index contributed by atoms with van der Waals surface area (Å²) in [6, 6.07) is 10.4. The molecule has 0 saturated carbocycles. The number of nitrogens with one attached hydrogen (secondary N) is 1. The van der Waals surface area contributed by atoms with Crippen LogP contribution in [0.4, 0.5) is 0 Å². The Bertz CT molecular complexity index is 525. The maximum Gasteiger partial charge on any atom is 0.232 e. The third kappa shape index (κ3) is 6.29. The molecule has 2 rings (SSSR count). The molecule has 1 aliphatic heterocycles. The molecule has 0 bridgehead atoms. The van der Waals surface area contributed by atoms with Gasteiger partial charge < -0.3 is 15.1 Å². The minimum absolute atomic E-state index is 0.0495. The highest BCUT2D eigenvalue weighted by Gasteiger charge is 2.22. The molecule has 0 radical (unpaired) electrons. The standard InChI is InChI=1S/C18H28N4O2/c1-20(2)9-8-19-17(23)14-18(24)22-12-10-21(11-13-22)15-16-6-4-3-5-7-16/h3-7H,8-15H2,1-2H3,(H,19,23). The van der Waals surface area contributed by atoms with Crippen molar-refractivity contribution in [2.45, 2.75) is 13.0 Å². The number of hydrogen-bond acceptors (Lipinski definition) is 4. The van der Waals surface area contributed by atoms with E-state index in [1.54, 1.807) is 4.90 Å². The van der Waals surface area contributed by atoms with Gasteiger partial charge in [-0.1, -0.05) is 30.3 Å². The first-order chi connectivity index (χ1) is 11.5. The fourth-order valence-corrected chi connectivity index (χ4v) is 2.73. The molecule has 6 nitrogen and oxygen atoms in total. The summed E-state index contributed by atoms with van der Waals surface area (Å²) in [5.74, 6) is -0.259. The Hall–Kier alpha value is -1.92. The molecular weight excluding hydrogens is 304 g/mol. The number of likely N-dealkylation sites (N-methyl/N-ethyl adjacent to an activating group) is 1. The largest absolute Gasteiger partial charge is 0.354 e. The second-order valence-electron chi connectivity index (χ2n) is 6.47. The van der Waals surface area contributed by atoms with Crippen molar-refractivity contribution in [1.29, 1.82) is 0 Å². The van der Waals surface area contributed by atoms with Gasteiger partial charge in [0.2, 0.25) is 11.8 Å². The van der Waals surface area contributed by atoms with Gasteiger partial charge in [-0.15, -0.1) is 0 Å². The average molecular weight is 332 g/mol. The molecule has 2 amide bonds. The average Bonchev–Trinajstić information content (AvgIpc) is 2.56. The molecule has 1 saturated heterocycles. The van der Waals surface area contributed by atoms with Crippen LogP contribution in [0.2, 0.25) is 0 Å². The Morgan fingerprint density at radius 2 is 1.75 bits per heavy atom. The number of piperazine rings is 1. The van der Waals surface area contributed by atoms with Gasteiger partial charge in [-0.3, -0.25) is 14.5 Å². The first-order valence-corrected chi connectivity index (χ1v) is 8.50. The van der Waals surface area contributed by atoms with Crippen molar-refractivity contribution in [3.05, 3.63) is 35.9 Å². The van der Waals surface area contributed by atoms with Crippen LogP contribution in [0.1, 0.15) is 12.0 Å². The van der Waals surface area contributed by atoms with E-state index in [2.05, 4.69) is 22.3 Å². The van der Waals surface area contributed by atoms with Crippen molar-refractivity contribution in [3.63, 3.8) is 0 Å². The van der Waals surface area contributed by atoms with E-state index in [9.17, 15) is 9.59 Å². The summed E-state index contributed by atoms with van der Waals surface area (Å²) in [4.78, 5) is 30.1. The Balaban J connectivity index is 1.67. The van der Waals surface area contributed by atoms with Crippen molar-refractivity contribution in [1.82, 2.24) is 20.0 Å². The van der Waals surface area contributed by atoms with E-state index in [1.807, 2.05) is 37.2 Å². The molecule has 132 valence electrons. The summed E-state index contributed by atoms with van der Waals surface area (Å²) in [6.45, 7) is 5.34. The fourth-order valence-electron chi connectivity index (χ4n) is 2.73. The lowest BCUT2D eigenvalue weighted by Gasteiger charge is -2.34. The maximum absolute atomic E-state index is 12.2. The van der Waals surface area contributed by atoms with Crippen molar-refractivity contribution in [2.75, 3.05) is 53.4 Å². The zero-order valence-corrected chi connectivity index (χ0v) is 14.7. The highest BCUT2D eigenvalue weighted by Crippen LogP contribution is 2.09. The van der Waals surface area contributed by atoms with E-state index in [0.29, 0.717) is 19.6 Å². The topological polar surface area (TPSA) is 55.9 Å². The van der Waals surface area contributed by atoms with Crippen LogP contribution >= 0.6 is 0 Å². The van der Waals surface area contributed by atoms with E-state index in [0.717, 1.165) is 26.2 Å². The van der Waals surface area contributed by atoms with Crippen molar-refractivity contribution in [2.24, 2.45) is 0 Å². The third-order valence-corrected chi connectivity index (χ3v) is 4.17. The van der Waals surface area contributed by atoms with Crippen LogP contribution in [0.15, 0.2) is 30.3 Å². The van der Waals surface area contributed by atoms with Crippen molar-refractivity contribution >= 4 is 11.8 Å². The van der Waals surface area contributed by atoms with Crippen molar-refractivity contribution < 1.29 is 9.59 Å². The zero-order chi connectivity index (χ0) is 17.4. The Labute approximate surface area is 144 Å². The van der Waals surface area contributed by atoms with Gasteiger partial charge in [-0.05, 0) is 19.7 Å². The number of benzene rings is 1. The molecule has 1 aromatic rings.